The Bertz CT molecular complexity index is 430. The Labute approximate surface area is 127 Å². The van der Waals surface area contributed by atoms with E-state index < -0.39 is 0 Å². The van der Waals surface area contributed by atoms with Crippen molar-refractivity contribution >= 4 is 5.97 Å². The Morgan fingerprint density at radius 1 is 1.29 bits per heavy atom. The molecule has 1 aliphatic rings. The second-order valence-electron chi connectivity index (χ2n) is 5.67. The Hall–Kier alpha value is -1.39. The lowest BCUT2D eigenvalue weighted by molar-refractivity contribution is -0.146. The highest BCUT2D eigenvalue weighted by Crippen LogP contribution is 2.16. The van der Waals surface area contributed by atoms with E-state index in [9.17, 15) is 4.79 Å². The zero-order valence-electron chi connectivity index (χ0n) is 13.0. The third kappa shape index (κ3) is 4.83. The van der Waals surface area contributed by atoms with Gasteiger partial charge in [0.2, 0.25) is 0 Å². The van der Waals surface area contributed by atoms with E-state index in [2.05, 4.69) is 17.1 Å². The molecule has 4 nitrogen and oxygen atoms in total. The van der Waals surface area contributed by atoms with Gasteiger partial charge in [0.05, 0.1) is 6.61 Å². The molecule has 2 rings (SSSR count). The van der Waals surface area contributed by atoms with E-state index in [0.717, 1.165) is 12.1 Å². The second kappa shape index (κ2) is 8.15. The van der Waals surface area contributed by atoms with Crippen molar-refractivity contribution in [3.63, 3.8) is 0 Å². The quantitative estimate of drug-likeness (QED) is 0.783. The second-order valence-corrected chi connectivity index (χ2v) is 5.67. The fourth-order valence-electron chi connectivity index (χ4n) is 2.86. The van der Waals surface area contributed by atoms with E-state index in [1.165, 1.54) is 25.9 Å². The van der Waals surface area contributed by atoms with Crippen LogP contribution in [0.15, 0.2) is 30.3 Å². The van der Waals surface area contributed by atoms with Crippen LogP contribution in [0, 0.1) is 0 Å². The fraction of sp³-hybridized carbons (Fsp3) is 0.588. The highest BCUT2D eigenvalue weighted by atomic mass is 16.5. The van der Waals surface area contributed by atoms with Crippen LogP contribution in [0.4, 0.5) is 0 Å². The molecule has 1 saturated heterocycles. The largest absolute Gasteiger partial charge is 0.465 e. The van der Waals surface area contributed by atoms with Crippen LogP contribution in [0.1, 0.15) is 38.3 Å². The lowest BCUT2D eigenvalue weighted by Crippen LogP contribution is -2.42. The third-order valence-electron chi connectivity index (χ3n) is 3.84. The SMILES string of the molecule is CCOC(=O)C(NC(C)CN1CCCC1)c1ccccc1. The van der Waals surface area contributed by atoms with Crippen LogP contribution in [0.3, 0.4) is 0 Å². The van der Waals surface area contributed by atoms with Gasteiger partial charge in [-0.3, -0.25) is 5.32 Å². The monoisotopic (exact) mass is 290 g/mol. The van der Waals surface area contributed by atoms with Gasteiger partial charge in [-0.2, -0.15) is 0 Å². The number of nitrogens with one attached hydrogen (secondary N) is 1. The zero-order valence-corrected chi connectivity index (χ0v) is 13.0. The number of rotatable bonds is 7. The minimum absolute atomic E-state index is 0.197. The molecule has 1 aliphatic heterocycles. The van der Waals surface area contributed by atoms with Crippen LogP contribution < -0.4 is 5.32 Å². The minimum Gasteiger partial charge on any atom is -0.465 e. The predicted octanol–water partition coefficient (Wildman–Crippen LogP) is 2.36. The molecule has 2 unspecified atom stereocenters. The first-order valence-electron chi connectivity index (χ1n) is 7.90. The van der Waals surface area contributed by atoms with Gasteiger partial charge in [-0.05, 0) is 45.3 Å². The predicted molar refractivity (Wildman–Crippen MR) is 84.1 cm³/mol. The summed E-state index contributed by atoms with van der Waals surface area (Å²) in [4.78, 5) is 14.7. The maximum Gasteiger partial charge on any atom is 0.327 e. The molecule has 1 aromatic rings. The van der Waals surface area contributed by atoms with Crippen LogP contribution in [-0.4, -0.2) is 43.2 Å². The topological polar surface area (TPSA) is 41.6 Å². The molecule has 0 amide bonds. The van der Waals surface area contributed by atoms with Crippen molar-refractivity contribution in [1.29, 1.82) is 0 Å². The molecular weight excluding hydrogens is 264 g/mol. The highest BCUT2D eigenvalue weighted by Gasteiger charge is 2.24. The molecule has 1 fully saturated rings. The van der Waals surface area contributed by atoms with Gasteiger partial charge in [0.25, 0.3) is 0 Å². The van der Waals surface area contributed by atoms with E-state index in [1.807, 2.05) is 37.3 Å². The normalized spacial score (nSPS) is 18.4. The minimum atomic E-state index is -0.385. The maximum absolute atomic E-state index is 12.2. The number of esters is 1. The van der Waals surface area contributed by atoms with Crippen LogP contribution in [-0.2, 0) is 9.53 Å². The molecular formula is C17H26N2O2. The van der Waals surface area contributed by atoms with Gasteiger partial charge in [0.15, 0.2) is 0 Å². The van der Waals surface area contributed by atoms with Crippen LogP contribution in [0.2, 0.25) is 0 Å². The maximum atomic E-state index is 12.2. The zero-order chi connectivity index (χ0) is 15.1. The highest BCUT2D eigenvalue weighted by molar-refractivity contribution is 5.77. The number of benzene rings is 1. The summed E-state index contributed by atoms with van der Waals surface area (Å²) in [6, 6.07) is 9.66. The lowest BCUT2D eigenvalue weighted by atomic mass is 10.1. The van der Waals surface area contributed by atoms with Gasteiger partial charge in [0.1, 0.15) is 6.04 Å². The molecule has 1 heterocycles. The number of carbonyl (C=O) groups excluding carboxylic acids is 1. The number of carbonyl (C=O) groups is 1. The van der Waals surface area contributed by atoms with E-state index in [-0.39, 0.29) is 18.1 Å². The molecule has 0 aliphatic carbocycles. The van der Waals surface area contributed by atoms with Gasteiger partial charge in [0, 0.05) is 12.6 Å². The van der Waals surface area contributed by atoms with Crippen molar-refractivity contribution in [3.8, 4) is 0 Å². The lowest BCUT2D eigenvalue weighted by Gasteiger charge is -2.25. The van der Waals surface area contributed by atoms with Crippen LogP contribution >= 0.6 is 0 Å². The summed E-state index contributed by atoms with van der Waals surface area (Å²) >= 11 is 0. The fourth-order valence-corrected chi connectivity index (χ4v) is 2.86. The molecule has 21 heavy (non-hydrogen) atoms. The summed E-state index contributed by atoms with van der Waals surface area (Å²) in [5.74, 6) is -0.197. The van der Waals surface area contributed by atoms with Crippen LogP contribution in [0.25, 0.3) is 0 Å². The molecule has 0 radical (unpaired) electrons. The van der Waals surface area contributed by atoms with E-state index in [0.29, 0.717) is 6.61 Å². The Balaban J connectivity index is 1.99. The van der Waals surface area contributed by atoms with E-state index >= 15 is 0 Å². The number of ether oxygens (including phenoxy) is 1. The Morgan fingerprint density at radius 2 is 1.95 bits per heavy atom. The summed E-state index contributed by atoms with van der Waals surface area (Å²) < 4.78 is 5.21. The molecule has 116 valence electrons. The van der Waals surface area contributed by atoms with E-state index in [1.54, 1.807) is 0 Å². The number of nitrogens with zero attached hydrogens (tertiary/aromatic N) is 1. The molecule has 1 aromatic carbocycles. The van der Waals surface area contributed by atoms with Gasteiger partial charge in [-0.1, -0.05) is 30.3 Å². The number of hydrogen-bond acceptors (Lipinski definition) is 4. The van der Waals surface area contributed by atoms with Crippen molar-refractivity contribution in [1.82, 2.24) is 10.2 Å². The molecule has 0 bridgehead atoms. The first-order chi connectivity index (χ1) is 10.2. The Morgan fingerprint density at radius 3 is 2.57 bits per heavy atom. The third-order valence-corrected chi connectivity index (χ3v) is 3.84. The first kappa shape index (κ1) is 16.0. The molecule has 2 atom stereocenters. The summed E-state index contributed by atoms with van der Waals surface area (Å²) in [5, 5.41) is 3.43. The summed E-state index contributed by atoms with van der Waals surface area (Å²) in [5.41, 5.74) is 0.962. The molecule has 0 spiro atoms. The smallest absolute Gasteiger partial charge is 0.327 e. The molecule has 1 N–H and O–H groups in total. The first-order valence-corrected chi connectivity index (χ1v) is 7.90. The molecule has 0 saturated carbocycles. The number of hydrogen-bond donors (Lipinski definition) is 1. The average molecular weight is 290 g/mol. The van der Waals surface area contributed by atoms with Crippen molar-refractivity contribution in [3.05, 3.63) is 35.9 Å². The standard InChI is InChI=1S/C17H26N2O2/c1-3-21-17(20)16(15-9-5-4-6-10-15)18-14(2)13-19-11-7-8-12-19/h4-6,9-10,14,16,18H,3,7-8,11-13H2,1-2H3. The van der Waals surface area contributed by atoms with Gasteiger partial charge >= 0.3 is 5.97 Å². The Kier molecular flexibility index (Phi) is 6.21. The average Bonchev–Trinajstić information content (AvgIpc) is 2.98. The van der Waals surface area contributed by atoms with Crippen molar-refractivity contribution in [2.75, 3.05) is 26.2 Å². The summed E-state index contributed by atoms with van der Waals surface area (Å²) in [6.45, 7) is 7.69. The van der Waals surface area contributed by atoms with Crippen molar-refractivity contribution in [2.45, 2.75) is 38.8 Å². The van der Waals surface area contributed by atoms with Gasteiger partial charge in [-0.25, -0.2) is 4.79 Å². The van der Waals surface area contributed by atoms with Gasteiger partial charge in [-0.15, -0.1) is 0 Å². The summed E-state index contributed by atoms with van der Waals surface area (Å²) in [7, 11) is 0. The van der Waals surface area contributed by atoms with Crippen molar-refractivity contribution in [2.24, 2.45) is 0 Å². The van der Waals surface area contributed by atoms with E-state index in [4.69, 9.17) is 4.74 Å². The number of likely N-dealkylation sites (tertiary alicyclic amines) is 1. The van der Waals surface area contributed by atoms with Gasteiger partial charge < -0.3 is 9.64 Å². The van der Waals surface area contributed by atoms with Crippen LogP contribution in [0.5, 0.6) is 0 Å². The summed E-state index contributed by atoms with van der Waals surface area (Å²) in [6.07, 6.45) is 2.57. The molecule has 0 aromatic heterocycles. The molecule has 4 heteroatoms. The van der Waals surface area contributed by atoms with Crippen molar-refractivity contribution < 1.29 is 9.53 Å².